The van der Waals surface area contributed by atoms with E-state index in [0.29, 0.717) is 17.4 Å². The first kappa shape index (κ1) is 38.4. The molecule has 0 aromatic heterocycles. The van der Waals surface area contributed by atoms with Crippen molar-refractivity contribution in [3.63, 3.8) is 0 Å². The predicted octanol–water partition coefficient (Wildman–Crippen LogP) is 8.45. The molecule has 3 saturated carbocycles. The number of likely N-dealkylation sites (N-methyl/N-ethyl adjacent to an activating group) is 1. The molecule has 1 amide bonds. The van der Waals surface area contributed by atoms with E-state index < -0.39 is 0 Å². The summed E-state index contributed by atoms with van der Waals surface area (Å²) >= 11 is 0. The summed E-state index contributed by atoms with van der Waals surface area (Å²) in [4.78, 5) is 32.4. The molecule has 0 spiro atoms. The van der Waals surface area contributed by atoms with Gasteiger partial charge in [0, 0.05) is 32.5 Å². The fraction of sp³-hybridized carbons (Fsp3) is 0.902. The highest BCUT2D eigenvalue weighted by Gasteiger charge is 2.64. The molecule has 0 N–H and O–H groups in total. The summed E-state index contributed by atoms with van der Waals surface area (Å²) in [5.74, 6) is 3.91. The third-order valence-corrected chi connectivity index (χ3v) is 13.9. The van der Waals surface area contributed by atoms with Crippen LogP contribution in [-0.2, 0) is 14.3 Å². The second-order valence-corrected chi connectivity index (χ2v) is 18.2. The van der Waals surface area contributed by atoms with Crippen molar-refractivity contribution in [2.45, 2.75) is 138 Å². The average molecular weight is 656 g/mol. The maximum Gasteiger partial charge on any atom is 0.306 e. The highest BCUT2D eigenvalue weighted by molar-refractivity contribution is 5.81. The van der Waals surface area contributed by atoms with Gasteiger partial charge in [-0.05, 0) is 132 Å². The molecule has 0 bridgehead atoms. The number of fused-ring (bicyclic) bond motifs is 5. The molecule has 270 valence electrons. The van der Waals surface area contributed by atoms with Gasteiger partial charge in [-0.1, -0.05) is 72.5 Å². The van der Waals surface area contributed by atoms with Crippen molar-refractivity contribution in [3.05, 3.63) is 11.6 Å². The Labute approximate surface area is 289 Å². The maximum absolute atomic E-state index is 13.1. The topological polar surface area (TPSA) is 53.1 Å². The number of ether oxygens (including phenoxy) is 1. The van der Waals surface area contributed by atoms with Crippen LogP contribution in [0.25, 0.3) is 0 Å². The molecule has 4 aliphatic rings. The van der Waals surface area contributed by atoms with Gasteiger partial charge in [-0.15, -0.1) is 0 Å². The summed E-state index contributed by atoms with van der Waals surface area (Å²) in [6.45, 7) is 18.4. The minimum Gasteiger partial charge on any atom is -0.462 e. The minimum absolute atomic E-state index is 0.0531. The zero-order valence-corrected chi connectivity index (χ0v) is 32.3. The summed E-state index contributed by atoms with van der Waals surface area (Å²) in [5, 5.41) is 0. The van der Waals surface area contributed by atoms with E-state index in [0.717, 1.165) is 74.9 Å². The van der Waals surface area contributed by atoms with Gasteiger partial charge < -0.3 is 19.4 Å². The van der Waals surface area contributed by atoms with E-state index in [1.54, 1.807) is 5.57 Å². The zero-order valence-electron chi connectivity index (χ0n) is 32.3. The second kappa shape index (κ2) is 16.1. The molecule has 3 fully saturated rings. The van der Waals surface area contributed by atoms with Crippen LogP contribution in [0.2, 0.25) is 0 Å². The van der Waals surface area contributed by atoms with Crippen molar-refractivity contribution in [1.29, 1.82) is 0 Å². The number of hydrogen-bond acceptors (Lipinski definition) is 5. The molecule has 8 atom stereocenters. The van der Waals surface area contributed by atoms with Crippen LogP contribution in [0.4, 0.5) is 0 Å². The van der Waals surface area contributed by atoms with E-state index in [1.807, 2.05) is 19.0 Å². The molecule has 0 aromatic rings. The van der Waals surface area contributed by atoms with Crippen molar-refractivity contribution >= 4 is 11.9 Å². The molecule has 0 heterocycles. The number of amides is 1. The minimum atomic E-state index is -0.206. The molecule has 6 nitrogen and oxygen atoms in total. The van der Waals surface area contributed by atoms with Gasteiger partial charge in [-0.3, -0.25) is 9.59 Å². The smallest absolute Gasteiger partial charge is 0.306 e. The van der Waals surface area contributed by atoms with E-state index in [-0.39, 0.29) is 36.2 Å². The summed E-state index contributed by atoms with van der Waals surface area (Å²) in [7, 11) is 8.18. The zero-order chi connectivity index (χ0) is 34.6. The quantitative estimate of drug-likeness (QED) is 0.123. The number of esters is 1. The van der Waals surface area contributed by atoms with Gasteiger partial charge in [-0.25, -0.2) is 0 Å². The molecule has 47 heavy (non-hydrogen) atoms. The van der Waals surface area contributed by atoms with E-state index in [4.69, 9.17) is 4.74 Å². The first-order chi connectivity index (χ1) is 22.1. The standard InChI is InChI=1S/C41H73N3O3/c1-30(2)13-11-14-31(3)34-15-16-35-40(34,5)24-21-36-39(4)23-20-33(29-32(39)19-22-41(35,36)6)47-38(46)18-17-37(45)44(28-27-43(9)10)26-12-25-42(7)8/h19,30-31,33-36H,11-18,20-29H2,1-10H3. The van der Waals surface area contributed by atoms with Gasteiger partial charge in [0.1, 0.15) is 6.10 Å². The summed E-state index contributed by atoms with van der Waals surface area (Å²) in [5.41, 5.74) is 2.61. The Morgan fingerprint density at radius 2 is 1.53 bits per heavy atom. The molecule has 4 aliphatic carbocycles. The fourth-order valence-electron chi connectivity index (χ4n) is 11.3. The first-order valence-corrected chi connectivity index (χ1v) is 19.6. The van der Waals surface area contributed by atoms with Crippen LogP contribution in [0.3, 0.4) is 0 Å². The predicted molar refractivity (Wildman–Crippen MR) is 195 cm³/mol. The lowest BCUT2D eigenvalue weighted by Gasteiger charge is -2.63. The van der Waals surface area contributed by atoms with Gasteiger partial charge in [0.25, 0.3) is 0 Å². The molecular formula is C41H73N3O3. The lowest BCUT2D eigenvalue weighted by Crippen LogP contribution is -2.56. The van der Waals surface area contributed by atoms with Crippen molar-refractivity contribution in [2.24, 2.45) is 45.8 Å². The summed E-state index contributed by atoms with van der Waals surface area (Å²) in [6, 6.07) is 0. The van der Waals surface area contributed by atoms with Gasteiger partial charge >= 0.3 is 5.97 Å². The van der Waals surface area contributed by atoms with Crippen LogP contribution < -0.4 is 0 Å². The molecule has 8 unspecified atom stereocenters. The number of carbonyl (C=O) groups is 2. The number of nitrogens with zero attached hydrogens (tertiary/aromatic N) is 3. The summed E-state index contributed by atoms with van der Waals surface area (Å²) in [6.07, 6.45) is 17.7. The van der Waals surface area contributed by atoms with Gasteiger partial charge in [0.2, 0.25) is 5.91 Å². The molecule has 6 heteroatoms. The van der Waals surface area contributed by atoms with Gasteiger partial charge in [0.05, 0.1) is 6.42 Å². The third-order valence-electron chi connectivity index (χ3n) is 13.9. The third kappa shape index (κ3) is 8.86. The van der Waals surface area contributed by atoms with Gasteiger partial charge in [0.15, 0.2) is 0 Å². The Bertz CT molecular complexity index is 1090. The van der Waals surface area contributed by atoms with E-state index in [9.17, 15) is 9.59 Å². The molecule has 0 radical (unpaired) electrons. The molecule has 0 aromatic carbocycles. The van der Waals surface area contributed by atoms with E-state index >= 15 is 0 Å². The highest BCUT2D eigenvalue weighted by Crippen LogP contribution is 2.72. The summed E-state index contributed by atoms with van der Waals surface area (Å²) < 4.78 is 6.09. The Morgan fingerprint density at radius 1 is 0.809 bits per heavy atom. The maximum atomic E-state index is 13.1. The Balaban J connectivity index is 1.33. The van der Waals surface area contributed by atoms with Crippen LogP contribution in [0.15, 0.2) is 11.6 Å². The molecule has 4 rings (SSSR count). The van der Waals surface area contributed by atoms with E-state index in [1.165, 1.54) is 51.4 Å². The van der Waals surface area contributed by atoms with Crippen LogP contribution >= 0.6 is 0 Å². The van der Waals surface area contributed by atoms with Crippen LogP contribution in [0.1, 0.15) is 131 Å². The number of hydrogen-bond donors (Lipinski definition) is 0. The lowest BCUT2D eigenvalue weighted by atomic mass is 9.41. The fourth-order valence-corrected chi connectivity index (χ4v) is 11.3. The molecule has 0 aliphatic heterocycles. The number of carbonyl (C=O) groups excluding carboxylic acids is 2. The van der Waals surface area contributed by atoms with Crippen LogP contribution in [0.5, 0.6) is 0 Å². The average Bonchev–Trinajstić information content (AvgIpc) is 3.35. The van der Waals surface area contributed by atoms with Crippen molar-refractivity contribution in [3.8, 4) is 0 Å². The normalized spacial score (nSPS) is 34.1. The first-order valence-electron chi connectivity index (χ1n) is 19.6. The van der Waals surface area contributed by atoms with Crippen molar-refractivity contribution in [1.82, 2.24) is 14.7 Å². The molecular weight excluding hydrogens is 582 g/mol. The number of rotatable bonds is 16. The Kier molecular flexibility index (Phi) is 13.1. The van der Waals surface area contributed by atoms with Crippen molar-refractivity contribution < 1.29 is 14.3 Å². The monoisotopic (exact) mass is 656 g/mol. The Morgan fingerprint density at radius 3 is 2.21 bits per heavy atom. The second-order valence-electron chi connectivity index (χ2n) is 18.2. The lowest BCUT2D eigenvalue weighted by molar-refractivity contribution is -0.154. The number of allylic oxidation sites excluding steroid dienone is 1. The SMILES string of the molecule is CC(C)CCCC(C)C1CCC2C1(C)CCC1C3(C)CCC(OC(=O)CCC(=O)N(CCCN(C)C)CCN(C)C)CC3=CCC12C. The Hall–Kier alpha value is -1.40. The van der Waals surface area contributed by atoms with Gasteiger partial charge in [-0.2, -0.15) is 0 Å². The van der Waals surface area contributed by atoms with Crippen LogP contribution in [0, 0.1) is 45.8 Å². The van der Waals surface area contributed by atoms with Crippen LogP contribution in [-0.4, -0.2) is 87.0 Å². The molecule has 0 saturated heterocycles. The van der Waals surface area contributed by atoms with Crippen molar-refractivity contribution in [2.75, 3.05) is 54.4 Å². The largest absolute Gasteiger partial charge is 0.462 e. The highest BCUT2D eigenvalue weighted by atomic mass is 16.5. The van der Waals surface area contributed by atoms with E-state index in [2.05, 4.69) is 71.5 Å².